The number of rotatable bonds is 3. The molecule has 2 aromatic carbocycles. The van der Waals surface area contributed by atoms with Crippen molar-refractivity contribution in [2.45, 2.75) is 26.4 Å². The molecule has 24 heavy (non-hydrogen) atoms. The highest BCUT2D eigenvalue weighted by Crippen LogP contribution is 2.27. The first-order valence-corrected chi connectivity index (χ1v) is 7.67. The number of benzene rings is 2. The summed E-state index contributed by atoms with van der Waals surface area (Å²) in [4.78, 5) is 23.0. The van der Waals surface area contributed by atoms with Gasteiger partial charge in [0.15, 0.2) is 0 Å². The number of halogens is 1. The molecule has 6 heteroatoms. The number of aromatic carboxylic acids is 1. The average Bonchev–Trinajstić information content (AvgIpc) is 2.45. The molecule has 0 unspecified atom stereocenters. The molecular weight excluding hydrogens is 330 g/mol. The Bertz CT molecular complexity index is 781. The molecule has 0 bridgehead atoms. The molecule has 0 aliphatic carbocycles. The molecule has 0 aliphatic rings. The first-order valence-electron chi connectivity index (χ1n) is 7.29. The van der Waals surface area contributed by atoms with Gasteiger partial charge in [-0.3, -0.25) is 5.32 Å². The summed E-state index contributed by atoms with van der Waals surface area (Å²) >= 11 is 5.89. The van der Waals surface area contributed by atoms with E-state index in [0.29, 0.717) is 11.3 Å². The van der Waals surface area contributed by atoms with Crippen LogP contribution >= 0.6 is 11.6 Å². The van der Waals surface area contributed by atoms with Crippen LogP contribution in [0.25, 0.3) is 11.1 Å². The number of amides is 1. The Balaban J connectivity index is 2.26. The van der Waals surface area contributed by atoms with Gasteiger partial charge < -0.3 is 9.84 Å². The van der Waals surface area contributed by atoms with Crippen LogP contribution in [0.4, 0.5) is 10.5 Å². The van der Waals surface area contributed by atoms with Crippen LogP contribution in [-0.2, 0) is 4.74 Å². The number of carbonyl (C=O) groups is 2. The largest absolute Gasteiger partial charge is 0.478 e. The third-order valence-corrected chi connectivity index (χ3v) is 3.37. The second kappa shape index (κ2) is 6.93. The first-order chi connectivity index (χ1) is 11.2. The SMILES string of the molecule is CC(C)(C)OC(=O)Nc1cccc(-c2ccc(Cl)c(C(=O)O)c2)c1. The maximum absolute atomic E-state index is 11.8. The second-order valence-electron chi connectivity index (χ2n) is 6.21. The van der Waals surface area contributed by atoms with Crippen LogP contribution in [0, 0.1) is 0 Å². The molecule has 0 fully saturated rings. The number of anilines is 1. The van der Waals surface area contributed by atoms with Crippen molar-refractivity contribution in [2.24, 2.45) is 0 Å². The van der Waals surface area contributed by atoms with Crippen LogP contribution in [0.3, 0.4) is 0 Å². The summed E-state index contributed by atoms with van der Waals surface area (Å²) in [6.45, 7) is 5.35. The van der Waals surface area contributed by atoms with Crippen molar-refractivity contribution in [3.05, 3.63) is 53.1 Å². The van der Waals surface area contributed by atoms with Crippen molar-refractivity contribution >= 4 is 29.4 Å². The summed E-state index contributed by atoms with van der Waals surface area (Å²) in [7, 11) is 0. The molecule has 2 rings (SSSR count). The Hall–Kier alpha value is -2.53. The van der Waals surface area contributed by atoms with Crippen molar-refractivity contribution in [3.8, 4) is 11.1 Å². The van der Waals surface area contributed by atoms with E-state index in [-0.39, 0.29) is 10.6 Å². The molecule has 0 atom stereocenters. The van der Waals surface area contributed by atoms with Gasteiger partial charge in [0.25, 0.3) is 0 Å². The van der Waals surface area contributed by atoms with Gasteiger partial charge in [-0.25, -0.2) is 9.59 Å². The van der Waals surface area contributed by atoms with Gasteiger partial charge in [-0.05, 0) is 56.2 Å². The minimum atomic E-state index is -1.09. The molecule has 0 aliphatic heterocycles. The minimum Gasteiger partial charge on any atom is -0.478 e. The van der Waals surface area contributed by atoms with Crippen molar-refractivity contribution in [2.75, 3.05) is 5.32 Å². The van der Waals surface area contributed by atoms with Crippen LogP contribution in [0.5, 0.6) is 0 Å². The number of hydrogen-bond donors (Lipinski definition) is 2. The fourth-order valence-electron chi connectivity index (χ4n) is 2.07. The van der Waals surface area contributed by atoms with Gasteiger partial charge in [0.2, 0.25) is 0 Å². The van der Waals surface area contributed by atoms with E-state index in [1.54, 1.807) is 45.0 Å². The van der Waals surface area contributed by atoms with Gasteiger partial charge in [0.05, 0.1) is 10.6 Å². The normalized spacial score (nSPS) is 11.0. The van der Waals surface area contributed by atoms with Crippen molar-refractivity contribution < 1.29 is 19.4 Å². The van der Waals surface area contributed by atoms with E-state index in [1.807, 2.05) is 6.07 Å². The highest BCUT2D eigenvalue weighted by Gasteiger charge is 2.16. The quantitative estimate of drug-likeness (QED) is 0.814. The standard InChI is InChI=1S/C18H18ClNO4/c1-18(2,3)24-17(23)20-13-6-4-5-11(9-13)12-7-8-15(19)14(10-12)16(21)22/h4-10H,1-3H3,(H,20,23)(H,21,22). The minimum absolute atomic E-state index is 0.0275. The van der Waals surface area contributed by atoms with Crippen molar-refractivity contribution in [1.29, 1.82) is 0 Å². The Morgan fingerprint density at radius 3 is 2.38 bits per heavy atom. The zero-order chi connectivity index (χ0) is 17.9. The fraction of sp³-hybridized carbons (Fsp3) is 0.222. The van der Waals surface area contributed by atoms with Gasteiger partial charge in [0.1, 0.15) is 5.60 Å². The van der Waals surface area contributed by atoms with E-state index in [0.717, 1.165) is 5.56 Å². The maximum atomic E-state index is 11.8. The number of carboxylic acid groups (broad SMARTS) is 1. The van der Waals surface area contributed by atoms with E-state index >= 15 is 0 Å². The molecule has 0 spiro atoms. The Labute approximate surface area is 145 Å². The predicted molar refractivity (Wildman–Crippen MR) is 93.7 cm³/mol. The van der Waals surface area contributed by atoms with Crippen LogP contribution in [0.15, 0.2) is 42.5 Å². The Morgan fingerprint density at radius 1 is 1.08 bits per heavy atom. The van der Waals surface area contributed by atoms with Gasteiger partial charge in [-0.2, -0.15) is 0 Å². The van der Waals surface area contributed by atoms with E-state index in [2.05, 4.69) is 5.32 Å². The van der Waals surface area contributed by atoms with E-state index in [4.69, 9.17) is 21.4 Å². The highest BCUT2D eigenvalue weighted by molar-refractivity contribution is 6.33. The molecule has 0 heterocycles. The molecule has 5 nitrogen and oxygen atoms in total. The van der Waals surface area contributed by atoms with Crippen molar-refractivity contribution in [3.63, 3.8) is 0 Å². The molecular formula is C18H18ClNO4. The lowest BCUT2D eigenvalue weighted by molar-refractivity contribution is 0.0634. The van der Waals surface area contributed by atoms with Crippen LogP contribution in [0.2, 0.25) is 5.02 Å². The molecule has 126 valence electrons. The first kappa shape index (κ1) is 17.8. The summed E-state index contributed by atoms with van der Waals surface area (Å²) in [5, 5.41) is 12.0. The summed E-state index contributed by atoms with van der Waals surface area (Å²) in [5.41, 5.74) is 1.43. The summed E-state index contributed by atoms with van der Waals surface area (Å²) in [6, 6.07) is 11.8. The Kier molecular flexibility index (Phi) is 5.14. The third-order valence-electron chi connectivity index (χ3n) is 3.04. The molecule has 0 radical (unpaired) electrons. The molecule has 2 N–H and O–H groups in total. The molecule has 0 saturated carbocycles. The van der Waals surface area contributed by atoms with Crippen LogP contribution in [0.1, 0.15) is 31.1 Å². The lowest BCUT2D eigenvalue weighted by Crippen LogP contribution is -2.27. The van der Waals surface area contributed by atoms with Crippen LogP contribution in [-0.4, -0.2) is 22.8 Å². The monoisotopic (exact) mass is 347 g/mol. The summed E-state index contributed by atoms with van der Waals surface area (Å²) < 4.78 is 5.21. The highest BCUT2D eigenvalue weighted by atomic mass is 35.5. The number of carbonyl (C=O) groups excluding carboxylic acids is 1. The summed E-state index contributed by atoms with van der Waals surface area (Å²) in [6.07, 6.45) is -0.554. The van der Waals surface area contributed by atoms with Gasteiger partial charge in [-0.15, -0.1) is 0 Å². The second-order valence-corrected chi connectivity index (χ2v) is 6.61. The van der Waals surface area contributed by atoms with Crippen molar-refractivity contribution in [1.82, 2.24) is 0 Å². The number of hydrogen-bond acceptors (Lipinski definition) is 3. The van der Waals surface area contributed by atoms with Gasteiger partial charge >= 0.3 is 12.1 Å². The Morgan fingerprint density at radius 2 is 1.75 bits per heavy atom. The fourth-order valence-corrected chi connectivity index (χ4v) is 2.27. The summed E-state index contributed by atoms with van der Waals surface area (Å²) in [5.74, 6) is -1.09. The molecule has 1 amide bonds. The topological polar surface area (TPSA) is 75.6 Å². The lowest BCUT2D eigenvalue weighted by Gasteiger charge is -2.19. The van der Waals surface area contributed by atoms with Crippen LogP contribution < -0.4 is 5.32 Å². The lowest BCUT2D eigenvalue weighted by atomic mass is 10.0. The third kappa shape index (κ3) is 4.73. The average molecular weight is 348 g/mol. The smallest absolute Gasteiger partial charge is 0.412 e. The van der Waals surface area contributed by atoms with Gasteiger partial charge in [0, 0.05) is 5.69 Å². The van der Waals surface area contributed by atoms with Gasteiger partial charge in [-0.1, -0.05) is 29.8 Å². The molecule has 0 aromatic heterocycles. The number of ether oxygens (including phenoxy) is 1. The zero-order valence-electron chi connectivity index (χ0n) is 13.6. The van der Waals surface area contributed by atoms with E-state index < -0.39 is 17.7 Å². The van der Waals surface area contributed by atoms with E-state index in [9.17, 15) is 9.59 Å². The zero-order valence-corrected chi connectivity index (χ0v) is 14.3. The van der Waals surface area contributed by atoms with E-state index in [1.165, 1.54) is 12.1 Å². The number of carboxylic acids is 1. The molecule has 2 aromatic rings. The molecule has 0 saturated heterocycles. The predicted octanol–water partition coefficient (Wildman–Crippen LogP) is 5.05. The number of nitrogens with one attached hydrogen (secondary N) is 1. The maximum Gasteiger partial charge on any atom is 0.412 e.